The minimum Gasteiger partial charge on any atom is -0.479 e. The van der Waals surface area contributed by atoms with Crippen LogP contribution in [0.25, 0.3) is 0 Å². The average molecular weight is 387 g/mol. The number of aliphatic carboxylic acids is 1. The molecule has 0 saturated carbocycles. The molecule has 2 saturated heterocycles. The van der Waals surface area contributed by atoms with Gasteiger partial charge < -0.3 is 14.6 Å². The van der Waals surface area contributed by atoms with Crippen molar-refractivity contribution in [2.24, 2.45) is 5.41 Å². The Morgan fingerprint density at radius 3 is 2.46 bits per heavy atom. The molecule has 0 unspecified atom stereocenters. The normalized spacial score (nSPS) is 20.8. The molecule has 1 N–H and O–H groups in total. The van der Waals surface area contributed by atoms with Crippen LogP contribution in [0.5, 0.6) is 5.75 Å². The van der Waals surface area contributed by atoms with Crippen molar-refractivity contribution in [3.63, 3.8) is 0 Å². The molecule has 0 radical (unpaired) electrons. The van der Waals surface area contributed by atoms with Gasteiger partial charge in [-0.15, -0.1) is 0 Å². The maximum absolute atomic E-state index is 14.1. The summed E-state index contributed by atoms with van der Waals surface area (Å²) in [7, 11) is -3.80. The fourth-order valence-electron chi connectivity index (χ4n) is 3.55. The SMILES string of the molecule is O=C(O)COc1ccc(S(=O)(=O)N2CCC3(CCOCC3)CC2)cc1F. The van der Waals surface area contributed by atoms with E-state index in [2.05, 4.69) is 0 Å². The van der Waals surface area contributed by atoms with E-state index in [0.717, 1.165) is 51.0 Å². The first kappa shape index (κ1) is 19.1. The van der Waals surface area contributed by atoms with Crippen LogP contribution in [0, 0.1) is 11.2 Å². The van der Waals surface area contributed by atoms with Crippen LogP contribution in [0.2, 0.25) is 0 Å². The Morgan fingerprint density at radius 2 is 1.88 bits per heavy atom. The summed E-state index contributed by atoms with van der Waals surface area (Å²) in [6.45, 7) is 1.55. The van der Waals surface area contributed by atoms with Gasteiger partial charge in [-0.2, -0.15) is 4.31 Å². The Kier molecular flexibility index (Phi) is 5.50. The molecule has 2 aliphatic rings. The first-order chi connectivity index (χ1) is 12.3. The van der Waals surface area contributed by atoms with E-state index in [0.29, 0.717) is 13.1 Å². The van der Waals surface area contributed by atoms with E-state index < -0.39 is 28.4 Å². The first-order valence-electron chi connectivity index (χ1n) is 8.55. The third kappa shape index (κ3) is 3.99. The zero-order valence-corrected chi connectivity index (χ0v) is 15.1. The Bertz CT molecular complexity index is 765. The molecule has 1 aromatic carbocycles. The number of ether oxygens (including phenoxy) is 2. The van der Waals surface area contributed by atoms with Crippen molar-refractivity contribution in [1.82, 2.24) is 4.31 Å². The summed E-state index contributed by atoms with van der Waals surface area (Å²) >= 11 is 0. The second kappa shape index (κ2) is 7.50. The van der Waals surface area contributed by atoms with Gasteiger partial charge >= 0.3 is 5.97 Å². The molecule has 0 amide bonds. The molecule has 3 rings (SSSR count). The number of carboxylic acids is 1. The van der Waals surface area contributed by atoms with Gasteiger partial charge in [-0.05, 0) is 49.3 Å². The van der Waals surface area contributed by atoms with Crippen LogP contribution in [-0.4, -0.2) is 56.7 Å². The van der Waals surface area contributed by atoms with Crippen molar-refractivity contribution in [1.29, 1.82) is 0 Å². The number of carboxylic acid groups (broad SMARTS) is 1. The molecule has 2 heterocycles. The highest BCUT2D eigenvalue weighted by molar-refractivity contribution is 7.89. The van der Waals surface area contributed by atoms with Crippen LogP contribution in [0.4, 0.5) is 4.39 Å². The molecular weight excluding hydrogens is 365 g/mol. The zero-order valence-electron chi connectivity index (χ0n) is 14.3. The average Bonchev–Trinajstić information content (AvgIpc) is 2.61. The summed E-state index contributed by atoms with van der Waals surface area (Å²) in [5.74, 6) is -2.42. The molecule has 9 heteroatoms. The number of piperidine rings is 1. The van der Waals surface area contributed by atoms with Gasteiger partial charge in [-0.3, -0.25) is 0 Å². The van der Waals surface area contributed by atoms with Gasteiger partial charge in [-0.1, -0.05) is 0 Å². The Balaban J connectivity index is 1.70. The highest BCUT2D eigenvalue weighted by Gasteiger charge is 2.39. The lowest BCUT2D eigenvalue weighted by Gasteiger charge is -2.43. The highest BCUT2D eigenvalue weighted by atomic mass is 32.2. The van der Waals surface area contributed by atoms with Crippen LogP contribution < -0.4 is 4.74 Å². The van der Waals surface area contributed by atoms with Crippen LogP contribution in [0.3, 0.4) is 0 Å². The molecular formula is C17H22FNO6S. The lowest BCUT2D eigenvalue weighted by molar-refractivity contribution is -0.139. The molecule has 0 aromatic heterocycles. The number of carbonyl (C=O) groups is 1. The lowest BCUT2D eigenvalue weighted by Crippen LogP contribution is -2.45. The van der Waals surface area contributed by atoms with Gasteiger partial charge in [0.05, 0.1) is 4.90 Å². The summed E-state index contributed by atoms with van der Waals surface area (Å²) in [6, 6.07) is 3.27. The van der Waals surface area contributed by atoms with Gasteiger partial charge in [-0.25, -0.2) is 17.6 Å². The molecule has 2 aliphatic heterocycles. The molecule has 0 bridgehead atoms. The van der Waals surface area contributed by atoms with E-state index in [4.69, 9.17) is 14.6 Å². The molecule has 26 heavy (non-hydrogen) atoms. The molecule has 1 spiro atoms. The molecule has 7 nitrogen and oxygen atoms in total. The van der Waals surface area contributed by atoms with E-state index in [-0.39, 0.29) is 16.1 Å². The van der Waals surface area contributed by atoms with E-state index in [1.54, 1.807) is 0 Å². The van der Waals surface area contributed by atoms with Crippen LogP contribution in [-0.2, 0) is 19.6 Å². The van der Waals surface area contributed by atoms with Gasteiger partial charge in [0.2, 0.25) is 10.0 Å². The Morgan fingerprint density at radius 1 is 1.23 bits per heavy atom. The summed E-state index contributed by atoms with van der Waals surface area (Å²) < 4.78 is 51.2. The fourth-order valence-corrected chi connectivity index (χ4v) is 5.01. The minimum atomic E-state index is -3.80. The summed E-state index contributed by atoms with van der Waals surface area (Å²) in [6.07, 6.45) is 3.45. The highest BCUT2D eigenvalue weighted by Crippen LogP contribution is 2.41. The number of hydrogen-bond acceptors (Lipinski definition) is 5. The second-order valence-corrected chi connectivity index (χ2v) is 8.73. The second-order valence-electron chi connectivity index (χ2n) is 6.79. The molecule has 0 aliphatic carbocycles. The van der Waals surface area contributed by atoms with Crippen LogP contribution >= 0.6 is 0 Å². The van der Waals surface area contributed by atoms with Gasteiger partial charge in [0.15, 0.2) is 18.2 Å². The number of nitrogens with zero attached hydrogens (tertiary/aromatic N) is 1. The predicted molar refractivity (Wildman–Crippen MR) is 90.0 cm³/mol. The van der Waals surface area contributed by atoms with E-state index in [1.165, 1.54) is 10.4 Å². The number of halogens is 1. The molecule has 1 aromatic rings. The molecule has 2 fully saturated rings. The third-order valence-corrected chi connectivity index (χ3v) is 7.12. The zero-order chi connectivity index (χ0) is 18.8. The Hall–Kier alpha value is -1.71. The maximum Gasteiger partial charge on any atom is 0.341 e. The van der Waals surface area contributed by atoms with Crippen molar-refractivity contribution < 1.29 is 32.2 Å². The van der Waals surface area contributed by atoms with Gasteiger partial charge in [0.1, 0.15) is 0 Å². The van der Waals surface area contributed by atoms with Gasteiger partial charge in [0.25, 0.3) is 0 Å². The van der Waals surface area contributed by atoms with E-state index in [9.17, 15) is 17.6 Å². The maximum atomic E-state index is 14.1. The van der Waals surface area contributed by atoms with Gasteiger partial charge in [0, 0.05) is 26.3 Å². The molecule has 144 valence electrons. The van der Waals surface area contributed by atoms with Crippen molar-refractivity contribution >= 4 is 16.0 Å². The third-order valence-electron chi connectivity index (χ3n) is 5.23. The number of hydrogen-bond donors (Lipinski definition) is 1. The largest absolute Gasteiger partial charge is 0.479 e. The van der Waals surface area contributed by atoms with E-state index in [1.807, 2.05) is 0 Å². The smallest absolute Gasteiger partial charge is 0.341 e. The summed E-state index contributed by atoms with van der Waals surface area (Å²) in [5.41, 5.74) is 0.157. The quantitative estimate of drug-likeness (QED) is 0.829. The van der Waals surface area contributed by atoms with Crippen molar-refractivity contribution in [2.75, 3.05) is 32.9 Å². The van der Waals surface area contributed by atoms with Crippen molar-refractivity contribution in [3.8, 4) is 5.75 Å². The summed E-state index contributed by atoms with van der Waals surface area (Å²) in [4.78, 5) is 10.3. The first-order valence-corrected chi connectivity index (χ1v) is 9.99. The fraction of sp³-hybridized carbons (Fsp3) is 0.588. The topological polar surface area (TPSA) is 93.1 Å². The van der Waals surface area contributed by atoms with E-state index >= 15 is 0 Å². The van der Waals surface area contributed by atoms with Crippen molar-refractivity contribution in [3.05, 3.63) is 24.0 Å². The monoisotopic (exact) mass is 387 g/mol. The summed E-state index contributed by atoms with van der Waals surface area (Å²) in [5, 5.41) is 8.57. The Labute approximate surface area is 151 Å². The number of sulfonamides is 1. The number of rotatable bonds is 5. The standard InChI is InChI=1S/C17H22FNO6S/c18-14-11-13(1-2-15(14)25-12-16(20)21)26(22,23)19-7-3-17(4-8-19)5-9-24-10-6-17/h1-2,11H,3-10,12H2,(H,20,21). The minimum absolute atomic E-state index is 0.152. The lowest BCUT2D eigenvalue weighted by atomic mass is 9.73. The number of benzene rings is 1. The van der Waals surface area contributed by atoms with Crippen LogP contribution in [0.15, 0.2) is 23.1 Å². The predicted octanol–water partition coefficient (Wildman–Crippen LogP) is 1.87. The molecule has 0 atom stereocenters. The van der Waals surface area contributed by atoms with Crippen LogP contribution in [0.1, 0.15) is 25.7 Å². The van der Waals surface area contributed by atoms with Crippen molar-refractivity contribution in [2.45, 2.75) is 30.6 Å².